The molecule has 2 aromatic rings. The average molecular weight is 225 g/mol. The molecule has 1 aromatic carbocycles. The van der Waals surface area contributed by atoms with E-state index in [-0.39, 0.29) is 0 Å². The summed E-state index contributed by atoms with van der Waals surface area (Å²) < 4.78 is 6.10. The Morgan fingerprint density at radius 3 is 3.00 bits per heavy atom. The summed E-state index contributed by atoms with van der Waals surface area (Å²) in [5.74, 6) is 0. The third kappa shape index (κ3) is 1.06. The lowest BCUT2D eigenvalue weighted by Gasteiger charge is -1.89. The average Bonchev–Trinajstić information content (AvgIpc) is 2.47. The Morgan fingerprint density at radius 2 is 2.25 bits per heavy atom. The van der Waals surface area contributed by atoms with Gasteiger partial charge in [0.2, 0.25) is 0 Å². The molecule has 0 radical (unpaired) electrons. The van der Waals surface area contributed by atoms with Crippen molar-refractivity contribution < 1.29 is 9.21 Å². The van der Waals surface area contributed by atoms with Crippen molar-refractivity contribution >= 4 is 33.2 Å². The van der Waals surface area contributed by atoms with Crippen LogP contribution in [-0.4, -0.2) is 6.29 Å². The van der Waals surface area contributed by atoms with E-state index < -0.39 is 0 Å². The first-order chi connectivity index (χ1) is 5.81. The number of rotatable bonds is 1. The lowest BCUT2D eigenvalue weighted by Crippen LogP contribution is -1.76. The molecule has 0 unspecified atom stereocenters. The molecule has 0 spiro atoms. The van der Waals surface area contributed by atoms with Crippen molar-refractivity contribution in [1.82, 2.24) is 0 Å². The monoisotopic (exact) mass is 224 g/mol. The second-order valence-electron chi connectivity index (χ2n) is 2.46. The van der Waals surface area contributed by atoms with Gasteiger partial charge in [0.25, 0.3) is 0 Å². The van der Waals surface area contributed by atoms with Crippen LogP contribution < -0.4 is 0 Å². The van der Waals surface area contributed by atoms with E-state index in [1.807, 2.05) is 6.07 Å². The Balaban J connectivity index is 2.77. The molecule has 0 aliphatic carbocycles. The van der Waals surface area contributed by atoms with E-state index in [0.29, 0.717) is 5.56 Å². The molecule has 3 heteroatoms. The Labute approximate surface area is 77.3 Å². The number of carbonyl (C=O) groups is 1. The molecule has 60 valence electrons. The zero-order chi connectivity index (χ0) is 8.55. The fourth-order valence-corrected chi connectivity index (χ4v) is 1.51. The van der Waals surface area contributed by atoms with Crippen LogP contribution in [0.15, 0.2) is 33.4 Å². The maximum Gasteiger partial charge on any atom is 0.150 e. The fourth-order valence-electron chi connectivity index (χ4n) is 1.09. The first kappa shape index (κ1) is 7.55. The van der Waals surface area contributed by atoms with Crippen LogP contribution in [0.1, 0.15) is 10.4 Å². The van der Waals surface area contributed by atoms with Crippen molar-refractivity contribution in [2.75, 3.05) is 0 Å². The number of furan rings is 1. The highest BCUT2D eigenvalue weighted by atomic mass is 79.9. The molecule has 0 atom stereocenters. The van der Waals surface area contributed by atoms with Crippen LogP contribution in [0.25, 0.3) is 11.0 Å². The third-order valence-corrected chi connectivity index (χ3v) is 2.30. The zero-order valence-corrected chi connectivity index (χ0v) is 7.67. The summed E-state index contributed by atoms with van der Waals surface area (Å²) in [7, 11) is 0. The second-order valence-corrected chi connectivity index (χ2v) is 3.31. The van der Waals surface area contributed by atoms with Gasteiger partial charge in [0.1, 0.15) is 18.1 Å². The molecular formula is C9H5BrO2. The topological polar surface area (TPSA) is 30.2 Å². The first-order valence-corrected chi connectivity index (χ1v) is 4.22. The molecular weight excluding hydrogens is 220 g/mol. The van der Waals surface area contributed by atoms with Gasteiger partial charge >= 0.3 is 0 Å². The predicted octanol–water partition coefficient (Wildman–Crippen LogP) is 3.01. The number of aldehydes is 1. The molecule has 2 rings (SSSR count). The van der Waals surface area contributed by atoms with Gasteiger partial charge in [0.05, 0.1) is 4.47 Å². The van der Waals surface area contributed by atoms with Gasteiger partial charge in [-0.2, -0.15) is 0 Å². The largest absolute Gasteiger partial charge is 0.463 e. The lowest BCUT2D eigenvalue weighted by atomic mass is 10.2. The lowest BCUT2D eigenvalue weighted by molar-refractivity contribution is 0.112. The number of fused-ring (bicyclic) bond motifs is 1. The molecule has 0 saturated heterocycles. The van der Waals surface area contributed by atoms with Crippen LogP contribution in [0.4, 0.5) is 0 Å². The maximum atomic E-state index is 10.4. The van der Waals surface area contributed by atoms with E-state index in [4.69, 9.17) is 4.42 Å². The molecule has 1 aromatic heterocycles. The van der Waals surface area contributed by atoms with Gasteiger partial charge in [-0.05, 0) is 28.1 Å². The molecule has 12 heavy (non-hydrogen) atoms. The predicted molar refractivity (Wildman–Crippen MR) is 49.3 cm³/mol. The van der Waals surface area contributed by atoms with Crippen LogP contribution >= 0.6 is 15.9 Å². The molecule has 0 amide bonds. The van der Waals surface area contributed by atoms with Gasteiger partial charge in [-0.25, -0.2) is 0 Å². The van der Waals surface area contributed by atoms with Gasteiger partial charge < -0.3 is 4.42 Å². The third-order valence-electron chi connectivity index (χ3n) is 1.69. The van der Waals surface area contributed by atoms with E-state index in [9.17, 15) is 4.79 Å². The Hall–Kier alpha value is -1.09. The molecule has 0 aliphatic heterocycles. The van der Waals surface area contributed by atoms with E-state index in [0.717, 1.165) is 21.7 Å². The van der Waals surface area contributed by atoms with Crippen molar-refractivity contribution in [2.24, 2.45) is 0 Å². The molecule has 0 fully saturated rings. The number of carbonyl (C=O) groups excluding carboxylic acids is 1. The maximum absolute atomic E-state index is 10.4. The van der Waals surface area contributed by atoms with Crippen LogP contribution in [-0.2, 0) is 0 Å². The van der Waals surface area contributed by atoms with Crippen LogP contribution in [0, 0.1) is 0 Å². The number of hydrogen-bond donors (Lipinski definition) is 0. The summed E-state index contributed by atoms with van der Waals surface area (Å²) in [4.78, 5) is 10.4. The van der Waals surface area contributed by atoms with E-state index in [1.165, 1.54) is 0 Å². The van der Waals surface area contributed by atoms with E-state index in [2.05, 4.69) is 15.9 Å². The summed E-state index contributed by atoms with van der Waals surface area (Å²) in [5.41, 5.74) is 1.36. The smallest absolute Gasteiger partial charge is 0.150 e. The zero-order valence-electron chi connectivity index (χ0n) is 6.08. The number of benzene rings is 1. The molecule has 1 heterocycles. The van der Waals surface area contributed by atoms with Crippen molar-refractivity contribution in [1.29, 1.82) is 0 Å². The highest BCUT2D eigenvalue weighted by Crippen LogP contribution is 2.26. The quantitative estimate of drug-likeness (QED) is 0.698. The van der Waals surface area contributed by atoms with E-state index in [1.54, 1.807) is 18.4 Å². The highest BCUT2D eigenvalue weighted by Gasteiger charge is 2.02. The number of halogens is 1. The van der Waals surface area contributed by atoms with Gasteiger partial charge in [-0.1, -0.05) is 6.07 Å². The minimum absolute atomic E-state index is 0.629. The van der Waals surface area contributed by atoms with Gasteiger partial charge in [-0.3, -0.25) is 4.79 Å². The summed E-state index contributed by atoms with van der Waals surface area (Å²) in [5, 5.41) is 0.987. The van der Waals surface area contributed by atoms with Crippen molar-refractivity contribution in [3.63, 3.8) is 0 Å². The summed E-state index contributed by atoms with van der Waals surface area (Å²) in [6, 6.07) is 5.33. The second kappa shape index (κ2) is 2.75. The van der Waals surface area contributed by atoms with Crippen LogP contribution in [0.5, 0.6) is 0 Å². The van der Waals surface area contributed by atoms with Crippen molar-refractivity contribution in [2.45, 2.75) is 0 Å². The normalized spacial score (nSPS) is 10.4. The molecule has 0 N–H and O–H groups in total. The van der Waals surface area contributed by atoms with Crippen LogP contribution in [0.3, 0.4) is 0 Å². The number of hydrogen-bond acceptors (Lipinski definition) is 2. The minimum Gasteiger partial charge on any atom is -0.463 e. The van der Waals surface area contributed by atoms with E-state index >= 15 is 0 Å². The molecule has 0 bridgehead atoms. The van der Waals surface area contributed by atoms with Gasteiger partial charge in [-0.15, -0.1) is 0 Å². The summed E-state index contributed by atoms with van der Waals surface area (Å²) in [6.07, 6.45) is 2.41. The molecule has 2 nitrogen and oxygen atoms in total. The van der Waals surface area contributed by atoms with Gasteiger partial charge in [0, 0.05) is 10.9 Å². The Morgan fingerprint density at radius 1 is 1.42 bits per heavy atom. The van der Waals surface area contributed by atoms with Crippen molar-refractivity contribution in [3.8, 4) is 0 Å². The highest BCUT2D eigenvalue weighted by molar-refractivity contribution is 9.10. The standard InChI is InChI=1S/C9H5BrO2/c10-8-5-12-9-3-6(4-11)1-2-7(8)9/h1-5H. The minimum atomic E-state index is 0.629. The molecule has 0 saturated carbocycles. The van der Waals surface area contributed by atoms with Gasteiger partial charge in [0.15, 0.2) is 0 Å². The SMILES string of the molecule is O=Cc1ccc2c(Br)coc2c1. The Bertz CT molecular complexity index is 431. The first-order valence-electron chi connectivity index (χ1n) is 3.43. The van der Waals surface area contributed by atoms with Crippen LogP contribution in [0.2, 0.25) is 0 Å². The van der Waals surface area contributed by atoms with Crippen molar-refractivity contribution in [3.05, 3.63) is 34.5 Å². The summed E-state index contributed by atoms with van der Waals surface area (Å²) in [6.45, 7) is 0. The molecule has 0 aliphatic rings. The fraction of sp³-hybridized carbons (Fsp3) is 0. The Kier molecular flexibility index (Phi) is 1.73. The summed E-state index contributed by atoms with van der Waals surface area (Å²) >= 11 is 3.33.